The van der Waals surface area contributed by atoms with Crippen LogP contribution in [-0.2, 0) is 6.18 Å². The highest BCUT2D eigenvalue weighted by Crippen LogP contribution is 2.27. The summed E-state index contributed by atoms with van der Waals surface area (Å²) < 4.78 is 37.7. The number of hydrogen-bond acceptors (Lipinski definition) is 6. The van der Waals surface area contributed by atoms with Crippen LogP contribution in [0.2, 0.25) is 0 Å². The molecule has 0 aromatic carbocycles. The smallest absolute Gasteiger partial charge is 0.363 e. The lowest BCUT2D eigenvalue weighted by Gasteiger charge is -2.29. The van der Waals surface area contributed by atoms with E-state index in [9.17, 15) is 18.0 Å². The standard InChI is InChI=1S/C19H23F3N6O.ClH/c1-28(2)16-9-10-23-18(27-16)26-14-6-4-13(5-7-14)25-17(29)12-3-8-15(24-11-12)19(20,21)22;/h3,8-11,13-14H,4-7H2,1-2H3,(H,25,29)(H,23,26,27);1H. The van der Waals surface area contributed by atoms with Gasteiger partial charge < -0.3 is 15.5 Å². The van der Waals surface area contributed by atoms with Crippen LogP contribution >= 0.6 is 12.4 Å². The van der Waals surface area contributed by atoms with E-state index in [1.54, 1.807) is 6.20 Å². The zero-order valence-electron chi connectivity index (χ0n) is 16.6. The van der Waals surface area contributed by atoms with Gasteiger partial charge in [0.25, 0.3) is 5.91 Å². The number of nitrogens with zero attached hydrogens (tertiary/aromatic N) is 4. The number of aromatic nitrogens is 3. The first-order valence-electron chi connectivity index (χ1n) is 9.33. The van der Waals surface area contributed by atoms with Gasteiger partial charge in [-0.2, -0.15) is 18.2 Å². The SMILES string of the molecule is CN(C)c1ccnc(NC2CCC(NC(=O)c3ccc(C(F)(F)F)nc3)CC2)n1.Cl. The highest BCUT2D eigenvalue weighted by molar-refractivity contribution is 5.94. The van der Waals surface area contributed by atoms with Crippen molar-refractivity contribution in [3.63, 3.8) is 0 Å². The number of pyridine rings is 1. The van der Waals surface area contributed by atoms with Crippen molar-refractivity contribution >= 4 is 30.1 Å². The topological polar surface area (TPSA) is 83.0 Å². The molecule has 11 heteroatoms. The van der Waals surface area contributed by atoms with Crippen molar-refractivity contribution in [1.82, 2.24) is 20.3 Å². The lowest BCUT2D eigenvalue weighted by Crippen LogP contribution is -2.40. The Bertz CT molecular complexity index is 839. The Kier molecular flexibility index (Phi) is 7.83. The average molecular weight is 445 g/mol. The molecule has 0 radical (unpaired) electrons. The first-order chi connectivity index (χ1) is 13.7. The number of alkyl halides is 3. The molecule has 0 spiro atoms. The van der Waals surface area contributed by atoms with E-state index < -0.39 is 17.8 Å². The van der Waals surface area contributed by atoms with Crippen LogP contribution in [0.4, 0.5) is 24.9 Å². The summed E-state index contributed by atoms with van der Waals surface area (Å²) in [6, 6.07) is 3.96. The lowest BCUT2D eigenvalue weighted by molar-refractivity contribution is -0.141. The van der Waals surface area contributed by atoms with Gasteiger partial charge in [-0.05, 0) is 43.9 Å². The summed E-state index contributed by atoms with van der Waals surface area (Å²) in [6.45, 7) is 0. The maximum Gasteiger partial charge on any atom is 0.433 e. The molecule has 2 N–H and O–H groups in total. The van der Waals surface area contributed by atoms with E-state index in [1.807, 2.05) is 25.1 Å². The minimum absolute atomic E-state index is 0. The van der Waals surface area contributed by atoms with Crippen molar-refractivity contribution in [3.8, 4) is 0 Å². The zero-order valence-corrected chi connectivity index (χ0v) is 17.4. The van der Waals surface area contributed by atoms with Gasteiger partial charge in [-0.3, -0.25) is 9.78 Å². The number of amides is 1. The quantitative estimate of drug-likeness (QED) is 0.734. The van der Waals surface area contributed by atoms with Crippen molar-refractivity contribution < 1.29 is 18.0 Å². The fourth-order valence-electron chi connectivity index (χ4n) is 3.20. The predicted molar refractivity (Wildman–Crippen MR) is 110 cm³/mol. The molecule has 2 heterocycles. The minimum atomic E-state index is -4.52. The summed E-state index contributed by atoms with van der Waals surface area (Å²) in [7, 11) is 3.82. The van der Waals surface area contributed by atoms with Crippen LogP contribution in [0, 0.1) is 0 Å². The average Bonchev–Trinajstić information content (AvgIpc) is 2.69. The Morgan fingerprint density at radius 3 is 2.30 bits per heavy atom. The first kappa shape index (κ1) is 23.7. The second-order valence-electron chi connectivity index (χ2n) is 7.23. The molecule has 0 aliphatic heterocycles. The molecule has 7 nitrogen and oxygen atoms in total. The molecule has 3 rings (SSSR count). The van der Waals surface area contributed by atoms with Crippen LogP contribution in [0.15, 0.2) is 30.6 Å². The van der Waals surface area contributed by atoms with Crippen molar-refractivity contribution in [1.29, 1.82) is 0 Å². The molecule has 2 aromatic rings. The summed E-state index contributed by atoms with van der Waals surface area (Å²) in [4.78, 5) is 26.2. The van der Waals surface area contributed by atoms with Crippen molar-refractivity contribution in [2.75, 3.05) is 24.3 Å². The van der Waals surface area contributed by atoms with Crippen molar-refractivity contribution in [3.05, 3.63) is 41.9 Å². The number of carbonyl (C=O) groups excluding carboxylic acids is 1. The number of carbonyl (C=O) groups is 1. The maximum atomic E-state index is 12.6. The van der Waals surface area contributed by atoms with Gasteiger partial charge in [0.2, 0.25) is 5.95 Å². The second kappa shape index (κ2) is 9.92. The third-order valence-electron chi connectivity index (χ3n) is 4.81. The summed E-state index contributed by atoms with van der Waals surface area (Å²) in [5.74, 6) is 0.970. The first-order valence-corrected chi connectivity index (χ1v) is 9.33. The van der Waals surface area contributed by atoms with Crippen LogP contribution < -0.4 is 15.5 Å². The molecule has 0 saturated heterocycles. The summed E-state index contributed by atoms with van der Waals surface area (Å²) in [5.41, 5.74) is -0.895. The third kappa shape index (κ3) is 6.19. The number of nitrogens with one attached hydrogen (secondary N) is 2. The van der Waals surface area contributed by atoms with Gasteiger partial charge in [0.05, 0.1) is 5.56 Å². The molecule has 1 amide bonds. The summed E-state index contributed by atoms with van der Waals surface area (Å²) >= 11 is 0. The van der Waals surface area contributed by atoms with Gasteiger partial charge in [0.15, 0.2) is 0 Å². The fraction of sp³-hybridized carbons (Fsp3) is 0.474. The Hall–Kier alpha value is -2.62. The fourth-order valence-corrected chi connectivity index (χ4v) is 3.20. The van der Waals surface area contributed by atoms with Gasteiger partial charge in [-0.15, -0.1) is 12.4 Å². The number of rotatable bonds is 5. The van der Waals surface area contributed by atoms with Crippen LogP contribution in [0.3, 0.4) is 0 Å². The zero-order chi connectivity index (χ0) is 21.0. The normalized spacial score (nSPS) is 18.8. The number of hydrogen-bond donors (Lipinski definition) is 2. The molecular weight excluding hydrogens is 421 g/mol. The van der Waals surface area contributed by atoms with E-state index in [0.717, 1.165) is 49.8 Å². The van der Waals surface area contributed by atoms with Crippen LogP contribution in [0.1, 0.15) is 41.7 Å². The van der Waals surface area contributed by atoms with Crippen LogP contribution in [-0.4, -0.2) is 47.0 Å². The molecule has 30 heavy (non-hydrogen) atoms. The molecule has 0 atom stereocenters. The molecule has 1 aliphatic rings. The highest BCUT2D eigenvalue weighted by atomic mass is 35.5. The Labute approximate surface area is 178 Å². The molecule has 0 unspecified atom stereocenters. The molecular formula is C19H24ClF3N6O. The maximum absolute atomic E-state index is 12.6. The number of anilines is 2. The molecule has 2 aromatic heterocycles. The second-order valence-corrected chi connectivity index (χ2v) is 7.23. The van der Waals surface area contributed by atoms with E-state index in [1.165, 1.54) is 0 Å². The minimum Gasteiger partial charge on any atom is -0.363 e. The lowest BCUT2D eigenvalue weighted by atomic mass is 9.91. The molecule has 1 saturated carbocycles. The van der Waals surface area contributed by atoms with E-state index in [4.69, 9.17) is 0 Å². The summed E-state index contributed by atoms with van der Waals surface area (Å²) in [6.07, 6.45) is 1.30. The summed E-state index contributed by atoms with van der Waals surface area (Å²) in [5, 5.41) is 6.20. The van der Waals surface area contributed by atoms with Gasteiger partial charge in [0.1, 0.15) is 11.5 Å². The highest BCUT2D eigenvalue weighted by Gasteiger charge is 2.32. The predicted octanol–water partition coefficient (Wildman–Crippen LogP) is 3.53. The molecule has 1 aliphatic carbocycles. The largest absolute Gasteiger partial charge is 0.433 e. The molecule has 164 valence electrons. The van der Waals surface area contributed by atoms with Gasteiger partial charge >= 0.3 is 6.18 Å². The van der Waals surface area contributed by atoms with Gasteiger partial charge in [0, 0.05) is 38.6 Å². The van der Waals surface area contributed by atoms with Crippen LogP contribution in [0.5, 0.6) is 0 Å². The Balaban J connectivity index is 0.00000320. The van der Waals surface area contributed by atoms with E-state index in [2.05, 4.69) is 25.6 Å². The van der Waals surface area contributed by atoms with Crippen molar-refractivity contribution in [2.45, 2.75) is 43.9 Å². The number of halogens is 4. The monoisotopic (exact) mass is 444 g/mol. The van der Waals surface area contributed by atoms with Crippen molar-refractivity contribution in [2.24, 2.45) is 0 Å². The van der Waals surface area contributed by atoms with Gasteiger partial charge in [-0.25, -0.2) is 4.98 Å². The van der Waals surface area contributed by atoms with E-state index in [0.29, 0.717) is 5.95 Å². The Morgan fingerprint density at radius 1 is 1.07 bits per heavy atom. The molecule has 1 fully saturated rings. The van der Waals surface area contributed by atoms with Gasteiger partial charge in [-0.1, -0.05) is 0 Å². The Morgan fingerprint density at radius 2 is 1.73 bits per heavy atom. The van der Waals surface area contributed by atoms with Crippen LogP contribution in [0.25, 0.3) is 0 Å². The van der Waals surface area contributed by atoms with E-state index in [-0.39, 0.29) is 30.1 Å². The van der Waals surface area contributed by atoms with E-state index >= 15 is 0 Å². The molecule has 0 bridgehead atoms. The third-order valence-corrected chi connectivity index (χ3v) is 4.81.